The zero-order valence-electron chi connectivity index (χ0n) is 16.4. The standard InChI is InChI=1S/C19H28N6O.HI/c1-5-20-18(21-12-17-24-22-13-25(17)6-2)23-15-11-19(3,4)26-16-10-8-7-9-14(15)16;/h7-10,13,15H,5-6,11-12H2,1-4H3,(H2,20,21,23);1H. The van der Waals surface area contributed by atoms with Crippen LogP contribution in [0.25, 0.3) is 0 Å². The first kappa shape index (κ1) is 21.5. The molecule has 148 valence electrons. The Morgan fingerprint density at radius 1 is 1.33 bits per heavy atom. The van der Waals surface area contributed by atoms with Crippen molar-refractivity contribution in [3.05, 3.63) is 42.0 Å². The molecule has 1 aromatic carbocycles. The monoisotopic (exact) mass is 484 g/mol. The second-order valence-electron chi connectivity index (χ2n) is 7.03. The molecule has 0 saturated heterocycles. The number of halogens is 1. The Kier molecular flexibility index (Phi) is 7.46. The molecule has 0 aliphatic carbocycles. The topological polar surface area (TPSA) is 76.4 Å². The van der Waals surface area contributed by atoms with Crippen LogP contribution in [0.1, 0.15) is 51.5 Å². The molecule has 8 heteroatoms. The first-order valence-electron chi connectivity index (χ1n) is 9.22. The van der Waals surface area contributed by atoms with Gasteiger partial charge in [0.2, 0.25) is 0 Å². The fourth-order valence-corrected chi connectivity index (χ4v) is 3.23. The molecule has 1 aromatic heterocycles. The summed E-state index contributed by atoms with van der Waals surface area (Å²) in [6, 6.07) is 8.33. The summed E-state index contributed by atoms with van der Waals surface area (Å²) < 4.78 is 8.12. The Morgan fingerprint density at radius 2 is 2.11 bits per heavy atom. The normalized spacial score (nSPS) is 18.1. The number of nitrogens with zero attached hydrogens (tertiary/aromatic N) is 4. The van der Waals surface area contributed by atoms with Crippen molar-refractivity contribution in [3.8, 4) is 5.75 Å². The zero-order valence-corrected chi connectivity index (χ0v) is 18.7. The molecular weight excluding hydrogens is 455 g/mol. The summed E-state index contributed by atoms with van der Waals surface area (Å²) in [6.07, 6.45) is 2.60. The molecule has 1 aliphatic rings. The van der Waals surface area contributed by atoms with Crippen LogP contribution in [0.2, 0.25) is 0 Å². The van der Waals surface area contributed by atoms with E-state index in [1.807, 2.05) is 22.8 Å². The van der Waals surface area contributed by atoms with Gasteiger partial charge in [-0.2, -0.15) is 0 Å². The number of aromatic nitrogens is 3. The van der Waals surface area contributed by atoms with Crippen LogP contribution < -0.4 is 15.4 Å². The van der Waals surface area contributed by atoms with Gasteiger partial charge in [0, 0.05) is 25.1 Å². The van der Waals surface area contributed by atoms with Crippen molar-refractivity contribution >= 4 is 29.9 Å². The lowest BCUT2D eigenvalue weighted by Gasteiger charge is -2.38. The van der Waals surface area contributed by atoms with Crippen LogP contribution in [-0.4, -0.2) is 32.9 Å². The van der Waals surface area contributed by atoms with Crippen LogP contribution in [0.5, 0.6) is 5.75 Å². The largest absolute Gasteiger partial charge is 0.487 e. The highest BCUT2D eigenvalue weighted by Crippen LogP contribution is 2.39. The Labute approximate surface area is 178 Å². The third kappa shape index (κ3) is 5.33. The highest BCUT2D eigenvalue weighted by Gasteiger charge is 2.33. The van der Waals surface area contributed by atoms with E-state index in [-0.39, 0.29) is 35.6 Å². The van der Waals surface area contributed by atoms with E-state index >= 15 is 0 Å². The molecule has 2 N–H and O–H groups in total. The maximum Gasteiger partial charge on any atom is 0.192 e. The molecule has 2 heterocycles. The number of nitrogens with one attached hydrogen (secondary N) is 2. The highest BCUT2D eigenvalue weighted by atomic mass is 127. The SMILES string of the molecule is CCNC(=NCc1nncn1CC)NC1CC(C)(C)Oc2ccccc21.I. The predicted molar refractivity (Wildman–Crippen MR) is 118 cm³/mol. The molecule has 0 saturated carbocycles. The van der Waals surface area contributed by atoms with Crippen LogP contribution in [0.3, 0.4) is 0 Å². The van der Waals surface area contributed by atoms with E-state index in [2.05, 4.69) is 54.6 Å². The van der Waals surface area contributed by atoms with E-state index < -0.39 is 0 Å². The van der Waals surface area contributed by atoms with Crippen molar-refractivity contribution < 1.29 is 4.74 Å². The maximum absolute atomic E-state index is 6.12. The molecular formula is C19H29IN6O. The smallest absolute Gasteiger partial charge is 0.192 e. The van der Waals surface area contributed by atoms with Gasteiger partial charge in [0.05, 0.1) is 6.04 Å². The summed E-state index contributed by atoms with van der Waals surface area (Å²) >= 11 is 0. The minimum Gasteiger partial charge on any atom is -0.487 e. The number of guanidine groups is 1. The number of rotatable bonds is 5. The van der Waals surface area contributed by atoms with Gasteiger partial charge >= 0.3 is 0 Å². The van der Waals surface area contributed by atoms with E-state index in [1.54, 1.807) is 6.33 Å². The lowest BCUT2D eigenvalue weighted by Crippen LogP contribution is -2.45. The Hall–Kier alpha value is -1.84. The molecule has 27 heavy (non-hydrogen) atoms. The molecule has 2 aromatic rings. The van der Waals surface area contributed by atoms with E-state index in [1.165, 1.54) is 0 Å². The second kappa shape index (κ2) is 9.38. The lowest BCUT2D eigenvalue weighted by molar-refractivity contribution is 0.0694. The molecule has 3 rings (SSSR count). The molecule has 1 aliphatic heterocycles. The Bertz CT molecular complexity index is 773. The van der Waals surface area contributed by atoms with Gasteiger partial charge in [-0.1, -0.05) is 18.2 Å². The summed E-state index contributed by atoms with van der Waals surface area (Å²) in [5.74, 6) is 2.57. The lowest BCUT2D eigenvalue weighted by atomic mass is 9.90. The average molecular weight is 484 g/mol. The first-order valence-corrected chi connectivity index (χ1v) is 9.22. The van der Waals surface area contributed by atoms with Gasteiger partial charge in [0.25, 0.3) is 0 Å². The average Bonchev–Trinajstić information content (AvgIpc) is 3.06. The number of hydrogen-bond donors (Lipinski definition) is 2. The molecule has 0 bridgehead atoms. The first-order chi connectivity index (χ1) is 12.5. The summed E-state index contributed by atoms with van der Waals surface area (Å²) in [7, 11) is 0. The summed E-state index contributed by atoms with van der Waals surface area (Å²) in [4.78, 5) is 4.71. The molecule has 1 atom stereocenters. The number of aliphatic imine (C=N–C) groups is 1. The van der Waals surface area contributed by atoms with Crippen molar-refractivity contribution in [2.75, 3.05) is 6.54 Å². The number of ether oxygens (including phenoxy) is 1. The van der Waals surface area contributed by atoms with Gasteiger partial charge in [-0.05, 0) is 33.8 Å². The van der Waals surface area contributed by atoms with Crippen LogP contribution >= 0.6 is 24.0 Å². The Morgan fingerprint density at radius 3 is 2.85 bits per heavy atom. The molecule has 0 radical (unpaired) electrons. The highest BCUT2D eigenvalue weighted by molar-refractivity contribution is 14.0. The van der Waals surface area contributed by atoms with Crippen LogP contribution in [0.4, 0.5) is 0 Å². The van der Waals surface area contributed by atoms with Crippen molar-refractivity contribution in [1.29, 1.82) is 0 Å². The minimum atomic E-state index is -0.230. The molecule has 0 fully saturated rings. The van der Waals surface area contributed by atoms with E-state index in [9.17, 15) is 0 Å². The van der Waals surface area contributed by atoms with Crippen molar-refractivity contribution in [2.24, 2.45) is 4.99 Å². The third-order valence-corrected chi connectivity index (χ3v) is 4.45. The summed E-state index contributed by atoms with van der Waals surface area (Å²) in [5, 5.41) is 15.0. The van der Waals surface area contributed by atoms with Crippen molar-refractivity contribution in [3.63, 3.8) is 0 Å². The van der Waals surface area contributed by atoms with E-state index in [4.69, 9.17) is 9.73 Å². The van der Waals surface area contributed by atoms with Gasteiger partial charge < -0.3 is 19.9 Å². The second-order valence-corrected chi connectivity index (χ2v) is 7.03. The number of hydrogen-bond acceptors (Lipinski definition) is 4. The molecule has 0 spiro atoms. The third-order valence-electron chi connectivity index (χ3n) is 4.45. The molecule has 1 unspecified atom stereocenters. The summed E-state index contributed by atoms with van der Waals surface area (Å²) in [6.45, 7) is 10.5. The van der Waals surface area contributed by atoms with Gasteiger partial charge in [-0.15, -0.1) is 34.2 Å². The van der Waals surface area contributed by atoms with Crippen molar-refractivity contribution in [2.45, 2.75) is 58.8 Å². The van der Waals surface area contributed by atoms with Gasteiger partial charge in [-0.3, -0.25) is 0 Å². The van der Waals surface area contributed by atoms with E-state index in [0.717, 1.165) is 42.6 Å². The number of para-hydroxylation sites is 1. The quantitative estimate of drug-likeness (QED) is 0.387. The fraction of sp³-hybridized carbons (Fsp3) is 0.526. The van der Waals surface area contributed by atoms with Gasteiger partial charge in [0.15, 0.2) is 11.8 Å². The molecule has 7 nitrogen and oxygen atoms in total. The van der Waals surface area contributed by atoms with Gasteiger partial charge in [0.1, 0.15) is 24.2 Å². The predicted octanol–water partition coefficient (Wildman–Crippen LogP) is 3.27. The Balaban J connectivity index is 0.00000261. The number of benzene rings is 1. The number of aryl methyl sites for hydroxylation is 1. The molecule has 0 amide bonds. The summed E-state index contributed by atoms with van der Waals surface area (Å²) in [5.41, 5.74) is 0.931. The fourth-order valence-electron chi connectivity index (χ4n) is 3.23. The minimum absolute atomic E-state index is 0. The number of fused-ring (bicyclic) bond motifs is 1. The van der Waals surface area contributed by atoms with Crippen molar-refractivity contribution in [1.82, 2.24) is 25.4 Å². The zero-order chi connectivity index (χ0) is 18.6. The maximum atomic E-state index is 6.12. The van der Waals surface area contributed by atoms with Crippen LogP contribution in [-0.2, 0) is 13.1 Å². The van der Waals surface area contributed by atoms with E-state index in [0.29, 0.717) is 6.54 Å². The van der Waals surface area contributed by atoms with Crippen LogP contribution in [0, 0.1) is 0 Å². The van der Waals surface area contributed by atoms with Gasteiger partial charge in [-0.25, -0.2) is 4.99 Å². The van der Waals surface area contributed by atoms with Crippen LogP contribution in [0.15, 0.2) is 35.6 Å².